The molecule has 0 bridgehead atoms. The average Bonchev–Trinajstić information content (AvgIpc) is 2.11. The van der Waals surface area contributed by atoms with Gasteiger partial charge in [0.1, 0.15) is 22.3 Å². The Hall–Kier alpha value is -11.1. The van der Waals surface area contributed by atoms with Crippen molar-refractivity contribution in [3.8, 4) is 66.8 Å². The van der Waals surface area contributed by atoms with Crippen LogP contribution in [0.2, 0.25) is 0 Å². The standard InChI is InChI=1S/C82H48O2/c1-2-19-52(20-3-1)77-65-27-10-11-28-66(65)78(57-23-14-22-53(44-57)56-34-38-62-71-42-32-50-17-5-8-25-60(50)81(71)83-75(62)47-56)69-40-35-54(45-73(69)77)55-36-41-70-74(46-55)80(64-31-15-21-49-16-4-7-24-59(49)64)68-30-13-12-29-67(68)79(70)58-37-39-63-72-43-33-51-18-6-9-26-61(51)82(72)84-76(63)48-58/h1-48H. The molecule has 0 radical (unpaired) electrons. The van der Waals surface area contributed by atoms with Crippen molar-refractivity contribution in [2.24, 2.45) is 0 Å². The van der Waals surface area contributed by atoms with Crippen LogP contribution in [0.3, 0.4) is 0 Å². The highest BCUT2D eigenvalue weighted by Crippen LogP contribution is 2.50. The lowest BCUT2D eigenvalue weighted by Gasteiger charge is -2.21. The Morgan fingerprint density at radius 3 is 1.10 bits per heavy atom. The summed E-state index contributed by atoms with van der Waals surface area (Å²) in [6.45, 7) is 0. The second-order valence-electron chi connectivity index (χ2n) is 22.5. The first-order chi connectivity index (χ1) is 41.6. The molecule has 84 heavy (non-hydrogen) atoms. The molecule has 0 saturated heterocycles. The molecule has 2 nitrogen and oxygen atoms in total. The second-order valence-corrected chi connectivity index (χ2v) is 22.5. The SMILES string of the molecule is c1ccc(-c2c3ccccc3c(-c3cccc(-c4ccc5c(c4)oc4c6ccccc6ccc54)c3)c3ccc(-c4ccc5c(-c6ccc7c(c6)oc6c8ccccc8ccc76)c6ccccc6c(-c6cccc7ccccc67)c5c4)cc23)cc1. The van der Waals surface area contributed by atoms with E-state index in [1.807, 2.05) is 0 Å². The molecular weight excluding hydrogens is 1020 g/mol. The van der Waals surface area contributed by atoms with Crippen LogP contribution < -0.4 is 0 Å². The van der Waals surface area contributed by atoms with Gasteiger partial charge in [0.15, 0.2) is 0 Å². The van der Waals surface area contributed by atoms with E-state index in [1.165, 1.54) is 98.0 Å². The van der Waals surface area contributed by atoms with Gasteiger partial charge in [0.05, 0.1) is 0 Å². The first-order valence-electron chi connectivity index (χ1n) is 29.0. The Balaban J connectivity index is 0.856. The molecule has 0 N–H and O–H groups in total. The van der Waals surface area contributed by atoms with E-state index in [-0.39, 0.29) is 0 Å². The van der Waals surface area contributed by atoms with Crippen LogP contribution in [0.15, 0.2) is 300 Å². The van der Waals surface area contributed by atoms with Gasteiger partial charge in [0.25, 0.3) is 0 Å². The Morgan fingerprint density at radius 2 is 0.512 bits per heavy atom. The summed E-state index contributed by atoms with van der Waals surface area (Å²) in [6, 6.07) is 107. The summed E-state index contributed by atoms with van der Waals surface area (Å²) in [5, 5.41) is 21.2. The van der Waals surface area contributed by atoms with Gasteiger partial charge in [-0.05, 0) is 186 Å². The van der Waals surface area contributed by atoms with Gasteiger partial charge in [-0.2, -0.15) is 0 Å². The zero-order chi connectivity index (χ0) is 55.0. The summed E-state index contributed by atoms with van der Waals surface area (Å²) in [4.78, 5) is 0. The van der Waals surface area contributed by atoms with Crippen LogP contribution in [-0.2, 0) is 0 Å². The van der Waals surface area contributed by atoms with Crippen molar-refractivity contribution in [3.63, 3.8) is 0 Å². The summed E-state index contributed by atoms with van der Waals surface area (Å²) in [6.07, 6.45) is 0. The monoisotopic (exact) mass is 1060 g/mol. The van der Waals surface area contributed by atoms with Gasteiger partial charge < -0.3 is 8.83 Å². The lowest BCUT2D eigenvalue weighted by molar-refractivity contribution is 0.672. The summed E-state index contributed by atoms with van der Waals surface area (Å²) in [5.41, 5.74) is 17.7. The van der Waals surface area contributed by atoms with Crippen LogP contribution >= 0.6 is 0 Å². The van der Waals surface area contributed by atoms with E-state index in [4.69, 9.17) is 8.83 Å². The molecule has 0 amide bonds. The maximum absolute atomic E-state index is 6.87. The summed E-state index contributed by atoms with van der Waals surface area (Å²) in [7, 11) is 0. The predicted octanol–water partition coefficient (Wildman–Crippen LogP) is 23.6. The fraction of sp³-hybridized carbons (Fsp3) is 0. The third-order valence-corrected chi connectivity index (χ3v) is 18.0. The number of rotatable bonds is 6. The van der Waals surface area contributed by atoms with E-state index in [2.05, 4.69) is 291 Å². The number of hydrogen-bond acceptors (Lipinski definition) is 2. The van der Waals surface area contributed by atoms with Crippen LogP contribution in [-0.4, -0.2) is 0 Å². The molecule has 0 atom stereocenters. The van der Waals surface area contributed by atoms with Gasteiger partial charge in [0, 0.05) is 32.3 Å². The van der Waals surface area contributed by atoms with Gasteiger partial charge in [0.2, 0.25) is 0 Å². The lowest BCUT2D eigenvalue weighted by Crippen LogP contribution is -1.93. The largest absolute Gasteiger partial charge is 0.455 e. The van der Waals surface area contributed by atoms with E-state index < -0.39 is 0 Å². The van der Waals surface area contributed by atoms with Gasteiger partial charge in [-0.1, -0.05) is 237 Å². The van der Waals surface area contributed by atoms with Crippen molar-refractivity contribution >= 4 is 119 Å². The molecule has 2 aromatic heterocycles. The molecule has 2 heterocycles. The molecule has 18 rings (SSSR count). The summed E-state index contributed by atoms with van der Waals surface area (Å²) >= 11 is 0. The van der Waals surface area contributed by atoms with E-state index in [0.717, 1.165) is 88.0 Å². The van der Waals surface area contributed by atoms with Crippen molar-refractivity contribution in [1.29, 1.82) is 0 Å². The quantitative estimate of drug-likeness (QED) is 0.155. The highest BCUT2D eigenvalue weighted by molar-refractivity contribution is 6.26. The van der Waals surface area contributed by atoms with Crippen LogP contribution in [0.4, 0.5) is 0 Å². The fourth-order valence-corrected chi connectivity index (χ4v) is 14.2. The van der Waals surface area contributed by atoms with E-state index in [0.29, 0.717) is 0 Å². The molecule has 0 aliphatic rings. The number of fused-ring (bicyclic) bond motifs is 15. The van der Waals surface area contributed by atoms with Crippen molar-refractivity contribution in [2.45, 2.75) is 0 Å². The average molecular weight is 1070 g/mol. The Bertz CT molecular complexity index is 5790. The molecule has 2 heteroatoms. The highest BCUT2D eigenvalue weighted by Gasteiger charge is 2.23. The zero-order valence-corrected chi connectivity index (χ0v) is 45.5. The molecule has 0 unspecified atom stereocenters. The molecular formula is C82H48O2. The van der Waals surface area contributed by atoms with Gasteiger partial charge in [-0.3, -0.25) is 0 Å². The maximum atomic E-state index is 6.87. The van der Waals surface area contributed by atoms with E-state index in [9.17, 15) is 0 Å². The zero-order valence-electron chi connectivity index (χ0n) is 45.5. The molecule has 0 spiro atoms. The van der Waals surface area contributed by atoms with Crippen molar-refractivity contribution in [3.05, 3.63) is 291 Å². The van der Waals surface area contributed by atoms with Crippen LogP contribution in [0.25, 0.3) is 186 Å². The van der Waals surface area contributed by atoms with Crippen molar-refractivity contribution < 1.29 is 8.83 Å². The minimum Gasteiger partial charge on any atom is -0.455 e. The molecule has 16 aromatic carbocycles. The highest BCUT2D eigenvalue weighted by atomic mass is 16.3. The maximum Gasteiger partial charge on any atom is 0.143 e. The van der Waals surface area contributed by atoms with Gasteiger partial charge in [-0.15, -0.1) is 0 Å². The van der Waals surface area contributed by atoms with Crippen LogP contribution in [0.1, 0.15) is 0 Å². The molecule has 0 aliphatic carbocycles. The van der Waals surface area contributed by atoms with E-state index in [1.54, 1.807) is 0 Å². The molecule has 388 valence electrons. The Morgan fingerprint density at radius 1 is 0.167 bits per heavy atom. The predicted molar refractivity (Wildman–Crippen MR) is 356 cm³/mol. The first kappa shape index (κ1) is 46.7. The number of hydrogen-bond donors (Lipinski definition) is 0. The summed E-state index contributed by atoms with van der Waals surface area (Å²) < 4.78 is 13.6. The molecule has 0 fully saturated rings. The lowest BCUT2D eigenvalue weighted by atomic mass is 9.82. The second kappa shape index (κ2) is 18.2. The first-order valence-corrected chi connectivity index (χ1v) is 29.0. The normalized spacial score (nSPS) is 12.0. The smallest absolute Gasteiger partial charge is 0.143 e. The molecule has 0 saturated carbocycles. The third-order valence-electron chi connectivity index (χ3n) is 18.0. The topological polar surface area (TPSA) is 26.3 Å². The molecule has 0 aliphatic heterocycles. The van der Waals surface area contributed by atoms with Gasteiger partial charge in [-0.25, -0.2) is 0 Å². The van der Waals surface area contributed by atoms with E-state index >= 15 is 0 Å². The van der Waals surface area contributed by atoms with Crippen LogP contribution in [0.5, 0.6) is 0 Å². The summed E-state index contributed by atoms with van der Waals surface area (Å²) in [5.74, 6) is 0. The van der Waals surface area contributed by atoms with Crippen molar-refractivity contribution in [2.75, 3.05) is 0 Å². The number of furan rings is 2. The number of benzene rings is 16. The van der Waals surface area contributed by atoms with Gasteiger partial charge >= 0.3 is 0 Å². The van der Waals surface area contributed by atoms with Crippen LogP contribution in [0, 0.1) is 0 Å². The Kier molecular flexibility index (Phi) is 10.1. The van der Waals surface area contributed by atoms with Crippen molar-refractivity contribution in [1.82, 2.24) is 0 Å². The fourth-order valence-electron chi connectivity index (χ4n) is 14.2. The third kappa shape index (κ3) is 7.04. The minimum atomic E-state index is 0.882. The molecule has 18 aromatic rings. The Labute approximate surface area is 483 Å². The minimum absolute atomic E-state index is 0.882.